The van der Waals surface area contributed by atoms with Crippen molar-refractivity contribution in [2.45, 2.75) is 18.9 Å². The molecule has 1 aromatic carbocycles. The molecule has 0 unspecified atom stereocenters. The largest absolute Gasteiger partial charge is 0.367 e. The van der Waals surface area contributed by atoms with Crippen LogP contribution in [0.15, 0.2) is 41.0 Å². The summed E-state index contributed by atoms with van der Waals surface area (Å²) < 4.78 is 2.71. The van der Waals surface area contributed by atoms with Gasteiger partial charge in [0.15, 0.2) is 5.65 Å². The topological polar surface area (TPSA) is 54.2 Å². The van der Waals surface area contributed by atoms with E-state index in [-0.39, 0.29) is 0 Å². The first-order valence-corrected chi connectivity index (χ1v) is 9.16. The lowest BCUT2D eigenvalue weighted by molar-refractivity contribution is 0.477. The number of piperidine rings is 1. The SMILES string of the molecule is Clc1ccccc1-c1cc(NC2CCNCC2)n2ncc(Br)c2n1. The van der Waals surface area contributed by atoms with Crippen molar-refractivity contribution in [1.29, 1.82) is 0 Å². The Kier molecular flexibility index (Phi) is 4.43. The summed E-state index contributed by atoms with van der Waals surface area (Å²) in [6.07, 6.45) is 3.95. The Morgan fingerprint density at radius 3 is 2.83 bits per heavy atom. The number of fused-ring (bicyclic) bond motifs is 1. The molecular formula is C17H17BrClN5. The predicted octanol–water partition coefficient (Wildman–Crippen LogP) is 3.98. The molecule has 5 nitrogen and oxygen atoms in total. The van der Waals surface area contributed by atoms with Crippen molar-refractivity contribution >= 4 is 39.0 Å². The molecule has 1 aliphatic rings. The minimum absolute atomic E-state index is 0.430. The summed E-state index contributed by atoms with van der Waals surface area (Å²) in [5.41, 5.74) is 2.54. The van der Waals surface area contributed by atoms with E-state index < -0.39 is 0 Å². The molecule has 0 aliphatic carbocycles. The summed E-state index contributed by atoms with van der Waals surface area (Å²) in [5.74, 6) is 0.938. The highest BCUT2D eigenvalue weighted by molar-refractivity contribution is 9.10. The highest BCUT2D eigenvalue weighted by atomic mass is 79.9. The Balaban J connectivity index is 1.81. The number of nitrogens with zero attached hydrogens (tertiary/aromatic N) is 3. The first-order chi connectivity index (χ1) is 11.7. The van der Waals surface area contributed by atoms with Gasteiger partial charge < -0.3 is 10.6 Å². The maximum absolute atomic E-state index is 6.37. The number of aromatic nitrogens is 3. The van der Waals surface area contributed by atoms with Gasteiger partial charge in [0.1, 0.15) is 5.82 Å². The smallest absolute Gasteiger partial charge is 0.172 e. The molecule has 2 N–H and O–H groups in total. The minimum Gasteiger partial charge on any atom is -0.367 e. The molecule has 2 aromatic heterocycles. The zero-order valence-electron chi connectivity index (χ0n) is 13.0. The fourth-order valence-electron chi connectivity index (χ4n) is 3.02. The van der Waals surface area contributed by atoms with E-state index in [1.165, 1.54) is 0 Å². The molecule has 7 heteroatoms. The van der Waals surface area contributed by atoms with Gasteiger partial charge in [0.05, 0.1) is 16.4 Å². The molecule has 4 rings (SSSR count). The van der Waals surface area contributed by atoms with E-state index in [4.69, 9.17) is 16.6 Å². The number of hydrogen-bond donors (Lipinski definition) is 2. The molecule has 3 heterocycles. The van der Waals surface area contributed by atoms with Gasteiger partial charge in [-0.25, -0.2) is 4.98 Å². The van der Waals surface area contributed by atoms with Gasteiger partial charge in [0.2, 0.25) is 0 Å². The van der Waals surface area contributed by atoms with Crippen LogP contribution < -0.4 is 10.6 Å². The van der Waals surface area contributed by atoms with Gasteiger partial charge in [0, 0.05) is 22.7 Å². The van der Waals surface area contributed by atoms with Gasteiger partial charge in [-0.15, -0.1) is 0 Å². The second-order valence-corrected chi connectivity index (χ2v) is 7.16. The fraction of sp³-hybridized carbons (Fsp3) is 0.294. The van der Waals surface area contributed by atoms with Crippen LogP contribution in [-0.2, 0) is 0 Å². The molecule has 1 aliphatic heterocycles. The Hall–Kier alpha value is -1.63. The minimum atomic E-state index is 0.430. The van der Waals surface area contributed by atoms with Crippen LogP contribution in [-0.4, -0.2) is 33.7 Å². The highest BCUT2D eigenvalue weighted by Gasteiger charge is 2.17. The Morgan fingerprint density at radius 1 is 1.25 bits per heavy atom. The molecule has 0 spiro atoms. The summed E-state index contributed by atoms with van der Waals surface area (Å²) in [6.45, 7) is 2.07. The van der Waals surface area contributed by atoms with Crippen molar-refractivity contribution < 1.29 is 0 Å². The predicted molar refractivity (Wildman–Crippen MR) is 101 cm³/mol. The summed E-state index contributed by atoms with van der Waals surface area (Å²) in [7, 11) is 0. The Labute approximate surface area is 153 Å². The maximum atomic E-state index is 6.37. The summed E-state index contributed by atoms with van der Waals surface area (Å²) in [5, 5.41) is 12.1. The summed E-state index contributed by atoms with van der Waals surface area (Å²) >= 11 is 9.90. The molecular weight excluding hydrogens is 390 g/mol. The van der Waals surface area contributed by atoms with E-state index in [0.717, 1.165) is 53.1 Å². The Morgan fingerprint density at radius 2 is 2.04 bits per heavy atom. The lowest BCUT2D eigenvalue weighted by atomic mass is 10.1. The van der Waals surface area contributed by atoms with Gasteiger partial charge in [-0.3, -0.25) is 0 Å². The van der Waals surface area contributed by atoms with Crippen molar-refractivity contribution in [3.8, 4) is 11.3 Å². The number of nitrogens with one attached hydrogen (secondary N) is 2. The molecule has 0 amide bonds. The lowest BCUT2D eigenvalue weighted by Crippen LogP contribution is -2.35. The van der Waals surface area contributed by atoms with Crippen molar-refractivity contribution in [2.75, 3.05) is 18.4 Å². The van der Waals surface area contributed by atoms with Crippen LogP contribution in [0.2, 0.25) is 5.02 Å². The molecule has 1 fully saturated rings. The number of anilines is 1. The first kappa shape index (κ1) is 15.9. The van der Waals surface area contributed by atoms with Crippen molar-refractivity contribution in [2.24, 2.45) is 0 Å². The van der Waals surface area contributed by atoms with Crippen molar-refractivity contribution in [3.05, 3.63) is 46.0 Å². The van der Waals surface area contributed by atoms with Crippen LogP contribution >= 0.6 is 27.5 Å². The van der Waals surface area contributed by atoms with Crippen LogP contribution in [0.4, 0.5) is 5.82 Å². The van der Waals surface area contributed by atoms with Crippen LogP contribution in [0.3, 0.4) is 0 Å². The molecule has 124 valence electrons. The molecule has 0 bridgehead atoms. The quantitative estimate of drug-likeness (QED) is 0.691. The van der Waals surface area contributed by atoms with Crippen LogP contribution in [0, 0.1) is 0 Å². The third-order valence-corrected chi connectivity index (χ3v) is 5.16. The number of benzene rings is 1. The number of hydrogen-bond acceptors (Lipinski definition) is 4. The molecule has 0 saturated carbocycles. The van der Waals surface area contributed by atoms with E-state index in [2.05, 4.69) is 31.7 Å². The van der Waals surface area contributed by atoms with Crippen LogP contribution in [0.5, 0.6) is 0 Å². The van der Waals surface area contributed by atoms with E-state index in [0.29, 0.717) is 11.1 Å². The molecule has 1 saturated heterocycles. The third-order valence-electron chi connectivity index (χ3n) is 4.27. The van der Waals surface area contributed by atoms with Crippen LogP contribution in [0.25, 0.3) is 16.9 Å². The highest BCUT2D eigenvalue weighted by Crippen LogP contribution is 2.30. The maximum Gasteiger partial charge on any atom is 0.172 e. The van der Waals surface area contributed by atoms with Gasteiger partial charge in [0.25, 0.3) is 0 Å². The first-order valence-electron chi connectivity index (χ1n) is 7.99. The number of halogens is 2. The fourth-order valence-corrected chi connectivity index (χ4v) is 3.60. The Bertz CT molecular complexity index is 873. The monoisotopic (exact) mass is 405 g/mol. The zero-order chi connectivity index (χ0) is 16.5. The third kappa shape index (κ3) is 3.01. The second kappa shape index (κ2) is 6.70. The van der Waals surface area contributed by atoms with E-state index in [1.54, 1.807) is 6.20 Å². The van der Waals surface area contributed by atoms with Gasteiger partial charge >= 0.3 is 0 Å². The van der Waals surface area contributed by atoms with E-state index in [9.17, 15) is 0 Å². The number of rotatable bonds is 3. The summed E-state index contributed by atoms with van der Waals surface area (Å²) in [6, 6.07) is 10.2. The van der Waals surface area contributed by atoms with Crippen molar-refractivity contribution in [3.63, 3.8) is 0 Å². The molecule has 0 atom stereocenters. The van der Waals surface area contributed by atoms with Gasteiger partial charge in [-0.2, -0.15) is 9.61 Å². The van der Waals surface area contributed by atoms with E-state index >= 15 is 0 Å². The van der Waals surface area contributed by atoms with Crippen molar-refractivity contribution in [1.82, 2.24) is 19.9 Å². The standard InChI is InChI=1S/C17H17BrClN5/c18-13-10-21-24-16(22-11-5-7-20-8-6-11)9-15(23-17(13)24)12-3-1-2-4-14(12)19/h1-4,9-11,20,22H,5-8H2. The summed E-state index contributed by atoms with van der Waals surface area (Å²) in [4.78, 5) is 4.74. The average Bonchev–Trinajstić information content (AvgIpc) is 2.98. The van der Waals surface area contributed by atoms with Gasteiger partial charge in [-0.05, 0) is 47.9 Å². The normalized spacial score (nSPS) is 15.8. The lowest BCUT2D eigenvalue weighted by Gasteiger charge is -2.25. The average molecular weight is 407 g/mol. The second-order valence-electron chi connectivity index (χ2n) is 5.90. The van der Waals surface area contributed by atoms with Gasteiger partial charge in [-0.1, -0.05) is 29.8 Å². The van der Waals surface area contributed by atoms with E-state index in [1.807, 2.05) is 34.8 Å². The molecule has 24 heavy (non-hydrogen) atoms. The zero-order valence-corrected chi connectivity index (χ0v) is 15.3. The molecule has 3 aromatic rings. The van der Waals surface area contributed by atoms with Crippen LogP contribution in [0.1, 0.15) is 12.8 Å². The molecule has 0 radical (unpaired) electrons.